The first-order valence-electron chi connectivity index (χ1n) is 7.09. The molecule has 0 spiro atoms. The number of aromatic amines is 1. The second-order valence-electron chi connectivity index (χ2n) is 5.50. The summed E-state index contributed by atoms with van der Waals surface area (Å²) in [4.78, 5) is 30.8. The Hall–Kier alpha value is -2.09. The Kier molecular flexibility index (Phi) is 4.46. The second-order valence-corrected chi connectivity index (χ2v) is 5.50. The zero-order valence-electron chi connectivity index (χ0n) is 12.6. The van der Waals surface area contributed by atoms with Crippen LogP contribution >= 0.6 is 0 Å². The number of rotatable bonds is 6. The Balaban J connectivity index is 2.57. The van der Waals surface area contributed by atoms with Gasteiger partial charge in [0, 0.05) is 20.1 Å². The quantitative estimate of drug-likeness (QED) is 0.641. The van der Waals surface area contributed by atoms with Crippen LogP contribution in [0.25, 0.3) is 11.2 Å². The van der Waals surface area contributed by atoms with Crippen molar-refractivity contribution in [2.24, 2.45) is 18.7 Å². The lowest BCUT2D eigenvalue weighted by molar-refractivity contribution is 0.513. The fourth-order valence-corrected chi connectivity index (χ4v) is 2.24. The lowest BCUT2D eigenvalue weighted by atomic mass is 10.2. The third-order valence-electron chi connectivity index (χ3n) is 3.22. The molecule has 116 valence electrons. The molecule has 0 amide bonds. The first-order chi connectivity index (χ1) is 9.95. The van der Waals surface area contributed by atoms with Gasteiger partial charge in [0.1, 0.15) is 0 Å². The van der Waals surface area contributed by atoms with Gasteiger partial charge in [0.05, 0.1) is 0 Å². The van der Waals surface area contributed by atoms with Gasteiger partial charge in [-0.2, -0.15) is 4.98 Å². The molecule has 0 aromatic carbocycles. The van der Waals surface area contributed by atoms with E-state index in [1.54, 1.807) is 11.6 Å². The normalized spacial score (nSPS) is 11.5. The van der Waals surface area contributed by atoms with Crippen LogP contribution < -0.4 is 22.3 Å². The number of aromatic nitrogens is 4. The molecule has 0 unspecified atom stereocenters. The molecular weight excluding hydrogens is 272 g/mol. The molecule has 0 aliphatic rings. The minimum Gasteiger partial charge on any atom is -0.356 e. The van der Waals surface area contributed by atoms with Gasteiger partial charge in [-0.1, -0.05) is 13.8 Å². The monoisotopic (exact) mass is 294 g/mol. The minimum atomic E-state index is -0.423. The Morgan fingerprint density at radius 1 is 1.38 bits per heavy atom. The predicted octanol–water partition coefficient (Wildman–Crippen LogP) is -0.160. The van der Waals surface area contributed by atoms with E-state index in [4.69, 9.17) is 5.73 Å². The number of imidazole rings is 1. The SMILES string of the molecule is CC(C)Cn1c(=O)[nH]c(=O)c2c1nc(NCCCN)n2C. The van der Waals surface area contributed by atoms with Crippen molar-refractivity contribution in [2.45, 2.75) is 26.8 Å². The lowest BCUT2D eigenvalue weighted by Gasteiger charge is -2.08. The van der Waals surface area contributed by atoms with Gasteiger partial charge >= 0.3 is 5.69 Å². The van der Waals surface area contributed by atoms with E-state index in [9.17, 15) is 9.59 Å². The number of H-pyrrole nitrogens is 1. The zero-order chi connectivity index (χ0) is 15.6. The van der Waals surface area contributed by atoms with Crippen molar-refractivity contribution in [2.75, 3.05) is 18.4 Å². The number of nitrogens with two attached hydrogens (primary N) is 1. The highest BCUT2D eigenvalue weighted by Crippen LogP contribution is 2.14. The Morgan fingerprint density at radius 2 is 2.10 bits per heavy atom. The number of aryl methyl sites for hydroxylation is 1. The van der Waals surface area contributed by atoms with Gasteiger partial charge in [0.15, 0.2) is 11.2 Å². The number of nitrogens with zero attached hydrogens (tertiary/aromatic N) is 3. The molecular formula is C13H22N6O2. The maximum atomic E-state index is 12.0. The number of nitrogens with one attached hydrogen (secondary N) is 2. The molecule has 2 rings (SSSR count). The van der Waals surface area contributed by atoms with Crippen molar-refractivity contribution in [3.8, 4) is 0 Å². The minimum absolute atomic E-state index is 0.271. The number of hydrogen-bond acceptors (Lipinski definition) is 5. The number of hydrogen-bond donors (Lipinski definition) is 3. The van der Waals surface area contributed by atoms with Gasteiger partial charge in [-0.15, -0.1) is 0 Å². The largest absolute Gasteiger partial charge is 0.356 e. The molecule has 2 aromatic heterocycles. The van der Waals surface area contributed by atoms with Crippen LogP contribution in [0.3, 0.4) is 0 Å². The van der Waals surface area contributed by atoms with Gasteiger partial charge in [-0.3, -0.25) is 14.3 Å². The molecule has 0 bridgehead atoms. The molecule has 0 aliphatic heterocycles. The molecule has 0 fully saturated rings. The van der Waals surface area contributed by atoms with E-state index in [0.717, 1.165) is 6.42 Å². The van der Waals surface area contributed by atoms with Gasteiger partial charge in [0.2, 0.25) is 5.95 Å². The summed E-state index contributed by atoms with van der Waals surface area (Å²) in [6.45, 7) is 5.76. The molecule has 0 aliphatic carbocycles. The summed E-state index contributed by atoms with van der Waals surface area (Å²) in [5.41, 5.74) is 5.42. The van der Waals surface area contributed by atoms with Gasteiger partial charge in [-0.05, 0) is 18.9 Å². The summed E-state index contributed by atoms with van der Waals surface area (Å²) >= 11 is 0. The summed E-state index contributed by atoms with van der Waals surface area (Å²) in [5, 5.41) is 3.13. The molecule has 4 N–H and O–H groups in total. The third-order valence-corrected chi connectivity index (χ3v) is 3.22. The van der Waals surface area contributed by atoms with Crippen LogP contribution in [-0.2, 0) is 13.6 Å². The maximum absolute atomic E-state index is 12.0. The van der Waals surface area contributed by atoms with Crippen molar-refractivity contribution in [1.82, 2.24) is 19.1 Å². The highest BCUT2D eigenvalue weighted by atomic mass is 16.2. The molecule has 2 aromatic rings. The molecule has 0 saturated heterocycles. The van der Waals surface area contributed by atoms with E-state index in [1.165, 1.54) is 4.57 Å². The topological polar surface area (TPSA) is 111 Å². The first kappa shape index (κ1) is 15.3. The highest BCUT2D eigenvalue weighted by molar-refractivity contribution is 5.74. The molecule has 0 saturated carbocycles. The smallest absolute Gasteiger partial charge is 0.330 e. The van der Waals surface area contributed by atoms with E-state index in [-0.39, 0.29) is 5.92 Å². The van der Waals surface area contributed by atoms with Gasteiger partial charge < -0.3 is 15.6 Å². The Morgan fingerprint density at radius 3 is 2.71 bits per heavy atom. The summed E-state index contributed by atoms with van der Waals surface area (Å²) in [6.07, 6.45) is 0.804. The lowest BCUT2D eigenvalue weighted by Crippen LogP contribution is -2.32. The standard InChI is InChI=1S/C13H22N6O2/c1-8(2)7-19-10-9(11(20)17-13(19)21)18(3)12(16-10)15-6-4-5-14/h8H,4-7,14H2,1-3H3,(H,15,16)(H,17,20,21). The molecule has 0 atom stereocenters. The van der Waals surface area contributed by atoms with E-state index < -0.39 is 11.2 Å². The van der Waals surface area contributed by atoms with Gasteiger partial charge in [0.25, 0.3) is 5.56 Å². The van der Waals surface area contributed by atoms with E-state index in [1.807, 2.05) is 13.8 Å². The summed E-state index contributed by atoms with van der Waals surface area (Å²) in [6, 6.07) is 0. The summed E-state index contributed by atoms with van der Waals surface area (Å²) < 4.78 is 3.18. The average molecular weight is 294 g/mol. The van der Waals surface area contributed by atoms with Crippen LogP contribution in [0.15, 0.2) is 9.59 Å². The molecule has 2 heterocycles. The van der Waals surface area contributed by atoms with Crippen molar-refractivity contribution < 1.29 is 0 Å². The van der Waals surface area contributed by atoms with Gasteiger partial charge in [-0.25, -0.2) is 4.79 Å². The Bertz CT molecular complexity index is 739. The van der Waals surface area contributed by atoms with Crippen LogP contribution in [0.5, 0.6) is 0 Å². The van der Waals surface area contributed by atoms with Crippen LogP contribution in [0.2, 0.25) is 0 Å². The molecule has 8 nitrogen and oxygen atoms in total. The summed E-state index contributed by atoms with van der Waals surface area (Å²) in [5.74, 6) is 0.833. The zero-order valence-corrected chi connectivity index (χ0v) is 12.6. The number of fused-ring (bicyclic) bond motifs is 1. The fourth-order valence-electron chi connectivity index (χ4n) is 2.24. The third kappa shape index (κ3) is 2.99. The predicted molar refractivity (Wildman–Crippen MR) is 82.6 cm³/mol. The van der Waals surface area contributed by atoms with Crippen molar-refractivity contribution >= 4 is 17.1 Å². The van der Waals surface area contributed by atoms with Crippen LogP contribution in [0.1, 0.15) is 20.3 Å². The van der Waals surface area contributed by atoms with Crippen LogP contribution in [0, 0.1) is 5.92 Å². The summed E-state index contributed by atoms with van der Waals surface area (Å²) in [7, 11) is 1.75. The average Bonchev–Trinajstić information content (AvgIpc) is 2.72. The highest BCUT2D eigenvalue weighted by Gasteiger charge is 2.16. The van der Waals surface area contributed by atoms with Crippen LogP contribution in [-0.4, -0.2) is 32.2 Å². The van der Waals surface area contributed by atoms with Crippen molar-refractivity contribution in [3.63, 3.8) is 0 Å². The molecule has 0 radical (unpaired) electrons. The Labute approximate surface area is 122 Å². The maximum Gasteiger partial charge on any atom is 0.330 e. The van der Waals surface area contributed by atoms with E-state index in [2.05, 4.69) is 15.3 Å². The van der Waals surface area contributed by atoms with E-state index >= 15 is 0 Å². The first-order valence-corrected chi connectivity index (χ1v) is 7.09. The molecule has 8 heteroatoms. The van der Waals surface area contributed by atoms with Crippen LogP contribution in [0.4, 0.5) is 5.95 Å². The second kappa shape index (κ2) is 6.13. The number of anilines is 1. The van der Waals surface area contributed by atoms with Crippen molar-refractivity contribution in [3.05, 3.63) is 20.8 Å². The van der Waals surface area contributed by atoms with Crippen molar-refractivity contribution in [1.29, 1.82) is 0 Å². The fraction of sp³-hybridized carbons (Fsp3) is 0.615. The van der Waals surface area contributed by atoms with E-state index in [0.29, 0.717) is 36.7 Å². The molecule has 21 heavy (non-hydrogen) atoms.